The lowest BCUT2D eigenvalue weighted by Gasteiger charge is -2.09. The second-order valence-corrected chi connectivity index (χ2v) is 7.66. The number of ketones is 1. The Kier molecular flexibility index (Phi) is 6.14. The monoisotopic (exact) mass is 448 g/mol. The number of amides is 1. The molecule has 0 atom stereocenters. The minimum absolute atomic E-state index is 0.0447. The molecule has 1 amide bonds. The highest BCUT2D eigenvalue weighted by molar-refractivity contribution is 6.32. The second-order valence-electron chi connectivity index (χ2n) is 7.25. The van der Waals surface area contributed by atoms with Gasteiger partial charge in [0.05, 0.1) is 24.4 Å². The van der Waals surface area contributed by atoms with E-state index in [1.54, 1.807) is 30.3 Å². The standard InChI is InChI=1S/C25H21ClN2O4/c1-15-6-5-7-17(12-15)28-25(30)24-23(18-8-3-4-9-21(18)32-24)27-14-20(29)16-10-11-22(31-2)19(26)13-16/h3-13,27H,14H2,1-2H3,(H,28,30). The number of ether oxygens (including phenoxy) is 1. The molecular weight excluding hydrogens is 428 g/mol. The van der Waals surface area contributed by atoms with Gasteiger partial charge in [-0.2, -0.15) is 0 Å². The van der Waals surface area contributed by atoms with Gasteiger partial charge in [-0.3, -0.25) is 9.59 Å². The Morgan fingerprint density at radius 2 is 1.84 bits per heavy atom. The molecule has 0 bridgehead atoms. The minimum atomic E-state index is -0.408. The molecule has 162 valence electrons. The van der Waals surface area contributed by atoms with Crippen LogP contribution in [-0.4, -0.2) is 25.3 Å². The van der Waals surface area contributed by atoms with E-state index < -0.39 is 5.91 Å². The molecule has 6 nitrogen and oxygen atoms in total. The normalized spacial score (nSPS) is 10.7. The van der Waals surface area contributed by atoms with Crippen molar-refractivity contribution < 1.29 is 18.7 Å². The first-order valence-electron chi connectivity index (χ1n) is 9.96. The van der Waals surface area contributed by atoms with Crippen LogP contribution in [0.4, 0.5) is 11.4 Å². The number of nitrogens with one attached hydrogen (secondary N) is 2. The van der Waals surface area contributed by atoms with Crippen molar-refractivity contribution in [2.75, 3.05) is 24.3 Å². The maximum atomic E-state index is 13.0. The molecule has 0 aliphatic heterocycles. The predicted molar refractivity (Wildman–Crippen MR) is 126 cm³/mol. The molecule has 0 fully saturated rings. The summed E-state index contributed by atoms with van der Waals surface area (Å²) in [7, 11) is 1.51. The third-order valence-corrected chi connectivity index (χ3v) is 5.27. The van der Waals surface area contributed by atoms with Gasteiger partial charge in [0.25, 0.3) is 5.91 Å². The SMILES string of the molecule is COc1ccc(C(=O)CNc2c(C(=O)Nc3cccc(C)c3)oc3ccccc23)cc1Cl. The molecule has 0 aliphatic rings. The molecule has 0 aliphatic carbocycles. The number of fused-ring (bicyclic) bond motifs is 1. The van der Waals surface area contributed by atoms with Crippen LogP contribution in [0.2, 0.25) is 5.02 Å². The van der Waals surface area contributed by atoms with Crippen molar-refractivity contribution >= 4 is 45.6 Å². The first-order chi connectivity index (χ1) is 15.5. The largest absolute Gasteiger partial charge is 0.495 e. The molecule has 4 aromatic rings. The molecule has 3 aromatic carbocycles. The van der Waals surface area contributed by atoms with Gasteiger partial charge in [0, 0.05) is 16.6 Å². The number of hydrogen-bond acceptors (Lipinski definition) is 5. The van der Waals surface area contributed by atoms with Gasteiger partial charge in [0.15, 0.2) is 5.78 Å². The van der Waals surface area contributed by atoms with Crippen LogP contribution in [0.3, 0.4) is 0 Å². The Morgan fingerprint density at radius 1 is 1.03 bits per heavy atom. The number of para-hydroxylation sites is 1. The number of rotatable bonds is 7. The molecule has 1 heterocycles. The molecule has 4 rings (SSSR count). The summed E-state index contributed by atoms with van der Waals surface area (Å²) in [5, 5.41) is 7.00. The van der Waals surface area contributed by atoms with Gasteiger partial charge >= 0.3 is 0 Å². The molecule has 0 spiro atoms. The van der Waals surface area contributed by atoms with Crippen LogP contribution in [0, 0.1) is 6.92 Å². The number of Topliss-reactive ketones (excluding diaryl/α,β-unsaturated/α-hetero) is 1. The van der Waals surface area contributed by atoms with E-state index in [9.17, 15) is 9.59 Å². The Morgan fingerprint density at radius 3 is 2.59 bits per heavy atom. The van der Waals surface area contributed by atoms with Crippen molar-refractivity contribution in [3.05, 3.63) is 88.6 Å². The minimum Gasteiger partial charge on any atom is -0.495 e. The molecule has 0 unspecified atom stereocenters. The molecule has 2 N–H and O–H groups in total. The summed E-state index contributed by atoms with van der Waals surface area (Å²) in [6, 6.07) is 19.6. The van der Waals surface area contributed by atoms with E-state index in [4.69, 9.17) is 20.8 Å². The van der Waals surface area contributed by atoms with Gasteiger partial charge in [-0.1, -0.05) is 35.9 Å². The fourth-order valence-electron chi connectivity index (χ4n) is 3.40. The second kappa shape index (κ2) is 9.16. The van der Waals surface area contributed by atoms with Crippen molar-refractivity contribution in [1.29, 1.82) is 0 Å². The number of furan rings is 1. The maximum absolute atomic E-state index is 13.0. The Bertz CT molecular complexity index is 1310. The molecule has 0 radical (unpaired) electrons. The average Bonchev–Trinajstić information content (AvgIpc) is 3.16. The Hall–Kier alpha value is -3.77. The summed E-state index contributed by atoms with van der Waals surface area (Å²) in [5.74, 6) is -0.000465. The van der Waals surface area contributed by atoms with Crippen LogP contribution in [-0.2, 0) is 0 Å². The van der Waals surface area contributed by atoms with E-state index >= 15 is 0 Å². The first kappa shape index (κ1) is 21.5. The maximum Gasteiger partial charge on any atom is 0.293 e. The lowest BCUT2D eigenvalue weighted by Crippen LogP contribution is -2.17. The first-order valence-corrected chi connectivity index (χ1v) is 10.3. The lowest BCUT2D eigenvalue weighted by atomic mass is 10.1. The van der Waals surface area contributed by atoms with Crippen molar-refractivity contribution in [2.45, 2.75) is 6.92 Å². The van der Waals surface area contributed by atoms with Crippen molar-refractivity contribution in [1.82, 2.24) is 0 Å². The van der Waals surface area contributed by atoms with E-state index in [-0.39, 0.29) is 18.1 Å². The fraction of sp³-hybridized carbons (Fsp3) is 0.120. The average molecular weight is 449 g/mol. The number of hydrogen-bond donors (Lipinski definition) is 2. The fourth-order valence-corrected chi connectivity index (χ4v) is 3.66. The van der Waals surface area contributed by atoms with Crippen LogP contribution in [0.25, 0.3) is 11.0 Å². The van der Waals surface area contributed by atoms with Gasteiger partial charge < -0.3 is 19.8 Å². The number of aryl methyl sites for hydroxylation is 1. The van der Waals surface area contributed by atoms with Gasteiger partial charge in [0.2, 0.25) is 5.76 Å². The van der Waals surface area contributed by atoms with Gasteiger partial charge in [-0.05, 0) is 55.0 Å². The zero-order valence-electron chi connectivity index (χ0n) is 17.6. The number of carbonyl (C=O) groups excluding carboxylic acids is 2. The third kappa shape index (κ3) is 4.45. The van der Waals surface area contributed by atoms with Crippen molar-refractivity contribution in [3.63, 3.8) is 0 Å². The smallest absolute Gasteiger partial charge is 0.293 e. The molecule has 7 heteroatoms. The molecule has 32 heavy (non-hydrogen) atoms. The highest BCUT2D eigenvalue weighted by Crippen LogP contribution is 2.32. The number of carbonyl (C=O) groups is 2. The zero-order chi connectivity index (χ0) is 22.7. The van der Waals surface area contributed by atoms with Gasteiger partial charge in [-0.25, -0.2) is 0 Å². The quantitative estimate of drug-likeness (QED) is 0.341. The number of anilines is 2. The van der Waals surface area contributed by atoms with E-state index in [0.717, 1.165) is 5.56 Å². The summed E-state index contributed by atoms with van der Waals surface area (Å²) < 4.78 is 11.0. The lowest BCUT2D eigenvalue weighted by molar-refractivity contribution is 0.0991. The number of halogens is 1. The van der Waals surface area contributed by atoms with Gasteiger partial charge in [0.1, 0.15) is 11.3 Å². The third-order valence-electron chi connectivity index (χ3n) is 4.98. The van der Waals surface area contributed by atoms with Crippen LogP contribution >= 0.6 is 11.6 Å². The highest BCUT2D eigenvalue weighted by Gasteiger charge is 2.21. The van der Waals surface area contributed by atoms with Crippen LogP contribution in [0.15, 0.2) is 71.1 Å². The molecular formula is C25H21ClN2O4. The zero-order valence-corrected chi connectivity index (χ0v) is 18.3. The Balaban J connectivity index is 1.59. The Labute approximate surface area is 190 Å². The number of methoxy groups -OCH3 is 1. The van der Waals surface area contributed by atoms with E-state index in [1.807, 2.05) is 43.3 Å². The van der Waals surface area contributed by atoms with E-state index in [1.165, 1.54) is 7.11 Å². The number of benzene rings is 3. The van der Waals surface area contributed by atoms with E-state index in [2.05, 4.69) is 10.6 Å². The van der Waals surface area contributed by atoms with Crippen molar-refractivity contribution in [3.8, 4) is 5.75 Å². The summed E-state index contributed by atoms with van der Waals surface area (Å²) in [5.41, 5.74) is 3.12. The molecule has 1 aromatic heterocycles. The topological polar surface area (TPSA) is 80.6 Å². The van der Waals surface area contributed by atoms with Crippen molar-refractivity contribution in [2.24, 2.45) is 0 Å². The summed E-state index contributed by atoms with van der Waals surface area (Å²) in [6.45, 7) is 1.90. The molecule has 0 saturated heterocycles. The predicted octanol–water partition coefficient (Wildman–Crippen LogP) is 5.95. The molecule has 0 saturated carbocycles. The summed E-state index contributed by atoms with van der Waals surface area (Å²) in [6.07, 6.45) is 0. The van der Waals surface area contributed by atoms with Crippen LogP contribution in [0.1, 0.15) is 26.5 Å². The summed E-state index contributed by atoms with van der Waals surface area (Å²) in [4.78, 5) is 25.7. The van der Waals surface area contributed by atoms with Gasteiger partial charge in [-0.15, -0.1) is 0 Å². The summed E-state index contributed by atoms with van der Waals surface area (Å²) >= 11 is 6.14. The van der Waals surface area contributed by atoms with E-state index in [0.29, 0.717) is 38.7 Å². The van der Waals surface area contributed by atoms with Crippen LogP contribution < -0.4 is 15.4 Å². The van der Waals surface area contributed by atoms with Crippen LogP contribution in [0.5, 0.6) is 5.75 Å². The highest BCUT2D eigenvalue weighted by atomic mass is 35.5.